The molecule has 1 aliphatic rings. The molecule has 20 heavy (non-hydrogen) atoms. The predicted molar refractivity (Wildman–Crippen MR) is 84.8 cm³/mol. The average Bonchev–Trinajstić information content (AvgIpc) is 2.49. The number of allylic oxidation sites excluding steroid dienone is 1. The van der Waals surface area contributed by atoms with Gasteiger partial charge in [0.1, 0.15) is 0 Å². The maximum atomic E-state index is 4.84. The van der Waals surface area contributed by atoms with Crippen molar-refractivity contribution in [3.05, 3.63) is 78.5 Å². The largest absolute Gasteiger partial charge is 0.241 e. The van der Waals surface area contributed by atoms with Crippen LogP contribution in [-0.4, -0.2) is 5.71 Å². The molecule has 2 nitrogen and oxygen atoms in total. The Balaban J connectivity index is 2.03. The number of hydrazone groups is 1. The normalized spacial score (nSPS) is 16.9. The fourth-order valence-electron chi connectivity index (χ4n) is 2.36. The van der Waals surface area contributed by atoms with Gasteiger partial charge in [0.2, 0.25) is 0 Å². The first-order chi connectivity index (χ1) is 9.67. The minimum atomic E-state index is -0.0629. The van der Waals surface area contributed by atoms with Gasteiger partial charge in [0.05, 0.1) is 11.4 Å². The number of benzene rings is 2. The number of hydrogen-bond donors (Lipinski definition) is 0. The second kappa shape index (κ2) is 4.97. The summed E-state index contributed by atoms with van der Waals surface area (Å²) < 4.78 is 0. The summed E-state index contributed by atoms with van der Waals surface area (Å²) in [5.41, 5.74) is 3.27. The van der Waals surface area contributed by atoms with E-state index in [1.165, 1.54) is 5.56 Å². The Morgan fingerprint density at radius 2 is 1.45 bits per heavy atom. The highest BCUT2D eigenvalue weighted by atomic mass is 15.5. The highest BCUT2D eigenvalue weighted by Gasteiger charge is 2.27. The van der Waals surface area contributed by atoms with Gasteiger partial charge < -0.3 is 0 Å². The van der Waals surface area contributed by atoms with Crippen LogP contribution in [0.4, 0.5) is 5.69 Å². The van der Waals surface area contributed by atoms with E-state index in [2.05, 4.69) is 56.3 Å². The van der Waals surface area contributed by atoms with Crippen molar-refractivity contribution in [3.63, 3.8) is 0 Å². The first kappa shape index (κ1) is 12.7. The zero-order valence-electron chi connectivity index (χ0n) is 11.8. The number of nitrogens with zero attached hydrogens (tertiary/aromatic N) is 2. The third-order valence-corrected chi connectivity index (χ3v) is 3.52. The topological polar surface area (TPSA) is 15.6 Å². The van der Waals surface area contributed by atoms with Crippen molar-refractivity contribution in [1.29, 1.82) is 0 Å². The van der Waals surface area contributed by atoms with Gasteiger partial charge in [-0.2, -0.15) is 5.10 Å². The van der Waals surface area contributed by atoms with Gasteiger partial charge >= 0.3 is 0 Å². The Hall–Kier alpha value is -2.35. The SMILES string of the molecule is CC1(C)C=CN(c2ccccc2)N=C1c1ccccc1. The number of rotatable bonds is 2. The molecule has 0 fully saturated rings. The van der Waals surface area contributed by atoms with E-state index in [0.717, 1.165) is 11.4 Å². The van der Waals surface area contributed by atoms with Crippen LogP contribution in [0.2, 0.25) is 0 Å². The molecule has 0 spiro atoms. The fraction of sp³-hybridized carbons (Fsp3) is 0.167. The van der Waals surface area contributed by atoms with E-state index in [9.17, 15) is 0 Å². The van der Waals surface area contributed by atoms with Crippen molar-refractivity contribution in [2.45, 2.75) is 13.8 Å². The van der Waals surface area contributed by atoms with E-state index in [1.54, 1.807) is 0 Å². The summed E-state index contributed by atoms with van der Waals surface area (Å²) in [6, 6.07) is 20.6. The summed E-state index contributed by atoms with van der Waals surface area (Å²) in [6.45, 7) is 4.38. The van der Waals surface area contributed by atoms with Crippen LogP contribution in [0.1, 0.15) is 19.4 Å². The molecule has 100 valence electrons. The van der Waals surface area contributed by atoms with Gasteiger partial charge in [-0.1, -0.05) is 68.5 Å². The molecule has 0 amide bonds. The molecule has 2 heteroatoms. The van der Waals surface area contributed by atoms with Crippen molar-refractivity contribution in [1.82, 2.24) is 0 Å². The zero-order valence-corrected chi connectivity index (χ0v) is 11.8. The Morgan fingerprint density at radius 1 is 0.850 bits per heavy atom. The molecule has 2 aromatic rings. The molecule has 0 radical (unpaired) electrons. The van der Waals surface area contributed by atoms with Crippen molar-refractivity contribution >= 4 is 11.4 Å². The van der Waals surface area contributed by atoms with Crippen LogP contribution in [0.5, 0.6) is 0 Å². The molecule has 0 aliphatic carbocycles. The molecule has 1 aliphatic heterocycles. The third-order valence-electron chi connectivity index (χ3n) is 3.52. The van der Waals surface area contributed by atoms with Crippen LogP contribution in [0.15, 0.2) is 78.0 Å². The lowest BCUT2D eigenvalue weighted by molar-refractivity contribution is 0.656. The smallest absolute Gasteiger partial charge is 0.0780 e. The van der Waals surface area contributed by atoms with E-state index in [0.29, 0.717) is 0 Å². The molecular weight excluding hydrogens is 244 g/mol. The highest BCUT2D eigenvalue weighted by Crippen LogP contribution is 2.30. The van der Waals surface area contributed by atoms with Gasteiger partial charge in [-0.3, -0.25) is 0 Å². The van der Waals surface area contributed by atoms with Crippen LogP contribution in [0.3, 0.4) is 0 Å². The highest BCUT2D eigenvalue weighted by molar-refractivity contribution is 6.06. The van der Waals surface area contributed by atoms with Crippen molar-refractivity contribution in [2.75, 3.05) is 5.01 Å². The van der Waals surface area contributed by atoms with Crippen molar-refractivity contribution < 1.29 is 0 Å². The summed E-state index contributed by atoms with van der Waals surface area (Å²) in [6.07, 6.45) is 4.25. The molecule has 0 atom stereocenters. The second-order valence-corrected chi connectivity index (χ2v) is 5.53. The molecule has 1 heterocycles. The average molecular weight is 262 g/mol. The van der Waals surface area contributed by atoms with Crippen LogP contribution in [0.25, 0.3) is 0 Å². The summed E-state index contributed by atoms with van der Waals surface area (Å²) >= 11 is 0. The van der Waals surface area contributed by atoms with Gasteiger partial charge in [0.25, 0.3) is 0 Å². The molecule has 0 saturated carbocycles. The molecule has 3 rings (SSSR count). The first-order valence-electron chi connectivity index (χ1n) is 6.85. The monoisotopic (exact) mass is 262 g/mol. The zero-order chi connectivity index (χ0) is 14.0. The minimum absolute atomic E-state index is 0.0629. The van der Waals surface area contributed by atoms with E-state index in [1.807, 2.05) is 35.5 Å². The van der Waals surface area contributed by atoms with Gasteiger partial charge in [0, 0.05) is 11.6 Å². The first-order valence-corrected chi connectivity index (χ1v) is 6.85. The molecule has 0 N–H and O–H groups in total. The van der Waals surface area contributed by atoms with Crippen molar-refractivity contribution in [3.8, 4) is 0 Å². The lowest BCUT2D eigenvalue weighted by Crippen LogP contribution is -2.30. The quantitative estimate of drug-likeness (QED) is 0.780. The second-order valence-electron chi connectivity index (χ2n) is 5.53. The molecule has 0 bridgehead atoms. The number of anilines is 1. The van der Waals surface area contributed by atoms with Crippen molar-refractivity contribution in [2.24, 2.45) is 10.5 Å². The van der Waals surface area contributed by atoms with Crippen LogP contribution in [0, 0.1) is 5.41 Å². The third kappa shape index (κ3) is 2.37. The van der Waals surface area contributed by atoms with Gasteiger partial charge in [-0.25, -0.2) is 5.01 Å². The van der Waals surface area contributed by atoms with E-state index >= 15 is 0 Å². The summed E-state index contributed by atoms with van der Waals surface area (Å²) in [5.74, 6) is 0. The van der Waals surface area contributed by atoms with Gasteiger partial charge in [0.15, 0.2) is 0 Å². The Morgan fingerprint density at radius 3 is 2.10 bits per heavy atom. The van der Waals surface area contributed by atoms with Crippen LogP contribution in [-0.2, 0) is 0 Å². The summed E-state index contributed by atoms with van der Waals surface area (Å²) in [5, 5.41) is 6.78. The van der Waals surface area contributed by atoms with Crippen LogP contribution >= 0.6 is 0 Å². The maximum absolute atomic E-state index is 4.84. The Kier molecular flexibility index (Phi) is 3.15. The molecule has 0 unspecified atom stereocenters. The standard InChI is InChI=1S/C18H18N2/c1-18(2)13-14-20(16-11-7-4-8-12-16)19-17(18)15-9-5-3-6-10-15/h3-14H,1-2H3. The fourth-order valence-corrected chi connectivity index (χ4v) is 2.36. The Labute approximate surface area is 120 Å². The Bertz CT molecular complexity index is 640. The molecule has 0 saturated heterocycles. The molecule has 0 aromatic heterocycles. The summed E-state index contributed by atoms with van der Waals surface area (Å²) in [7, 11) is 0. The van der Waals surface area contributed by atoms with E-state index in [-0.39, 0.29) is 5.41 Å². The van der Waals surface area contributed by atoms with E-state index < -0.39 is 0 Å². The van der Waals surface area contributed by atoms with Gasteiger partial charge in [-0.05, 0) is 17.7 Å². The predicted octanol–water partition coefficient (Wildman–Crippen LogP) is 4.45. The lowest BCUT2D eigenvalue weighted by atomic mass is 9.83. The molecular formula is C18H18N2. The maximum Gasteiger partial charge on any atom is 0.0780 e. The molecule has 2 aromatic carbocycles. The summed E-state index contributed by atoms with van der Waals surface area (Å²) in [4.78, 5) is 0. The van der Waals surface area contributed by atoms with Gasteiger partial charge in [-0.15, -0.1) is 0 Å². The lowest BCUT2D eigenvalue weighted by Gasteiger charge is -2.31. The van der Waals surface area contributed by atoms with E-state index in [4.69, 9.17) is 5.10 Å². The van der Waals surface area contributed by atoms with Crippen LogP contribution < -0.4 is 5.01 Å². The number of para-hydroxylation sites is 1. The number of hydrogen-bond acceptors (Lipinski definition) is 2. The minimum Gasteiger partial charge on any atom is -0.241 e.